The lowest BCUT2D eigenvalue weighted by atomic mass is 10.3. The maximum atomic E-state index is 12.3. The van der Waals surface area contributed by atoms with Crippen LogP contribution in [0.3, 0.4) is 0 Å². The number of benzene rings is 1. The van der Waals surface area contributed by atoms with Crippen molar-refractivity contribution in [2.45, 2.75) is 0 Å². The van der Waals surface area contributed by atoms with Crippen molar-refractivity contribution < 1.29 is 9.13 Å². The van der Waals surface area contributed by atoms with Crippen LogP contribution in [-0.2, 0) is 0 Å². The summed E-state index contributed by atoms with van der Waals surface area (Å²) < 4.78 is 16.9. The summed E-state index contributed by atoms with van der Waals surface area (Å²) >= 11 is 0. The van der Waals surface area contributed by atoms with E-state index in [2.05, 4.69) is 4.74 Å². The molecular formula is C7H6FNO. The first-order valence-corrected chi connectivity index (χ1v) is 2.74. The molecule has 1 aromatic carbocycles. The van der Waals surface area contributed by atoms with Crippen molar-refractivity contribution in [1.82, 2.24) is 0 Å². The van der Waals surface area contributed by atoms with Crippen LogP contribution in [-0.4, -0.2) is 6.40 Å². The molecule has 0 atom stereocenters. The second-order valence-electron chi connectivity index (χ2n) is 1.69. The van der Waals surface area contributed by atoms with E-state index in [1.54, 1.807) is 6.07 Å². The number of hydrogen-bond acceptors (Lipinski definition) is 2. The van der Waals surface area contributed by atoms with Gasteiger partial charge in [-0.3, -0.25) is 5.41 Å². The minimum absolute atomic E-state index is 0.343. The zero-order valence-electron chi connectivity index (χ0n) is 5.17. The van der Waals surface area contributed by atoms with Crippen LogP contribution in [0.2, 0.25) is 0 Å². The summed E-state index contributed by atoms with van der Waals surface area (Å²) in [6, 6.07) is 5.63. The molecule has 0 aliphatic rings. The van der Waals surface area contributed by atoms with Gasteiger partial charge >= 0.3 is 0 Å². The van der Waals surface area contributed by atoms with E-state index in [0.717, 1.165) is 6.40 Å². The summed E-state index contributed by atoms with van der Waals surface area (Å²) in [6.45, 7) is 0. The van der Waals surface area contributed by atoms with Crippen molar-refractivity contribution >= 4 is 6.40 Å². The fourth-order valence-electron chi connectivity index (χ4n) is 0.608. The van der Waals surface area contributed by atoms with Crippen molar-refractivity contribution in [3.05, 3.63) is 30.1 Å². The summed E-state index contributed by atoms with van der Waals surface area (Å²) in [5, 5.41) is 6.54. The SMILES string of the molecule is N=COc1cccc(F)c1. The van der Waals surface area contributed by atoms with Crippen LogP contribution in [0.25, 0.3) is 0 Å². The minimum atomic E-state index is -0.362. The van der Waals surface area contributed by atoms with Crippen LogP contribution in [0.15, 0.2) is 24.3 Å². The van der Waals surface area contributed by atoms with E-state index in [9.17, 15) is 4.39 Å². The van der Waals surface area contributed by atoms with Gasteiger partial charge < -0.3 is 4.74 Å². The normalized spacial score (nSPS) is 8.90. The van der Waals surface area contributed by atoms with E-state index in [4.69, 9.17) is 5.41 Å². The Kier molecular flexibility index (Phi) is 1.99. The van der Waals surface area contributed by atoms with E-state index in [0.29, 0.717) is 5.75 Å². The fourth-order valence-corrected chi connectivity index (χ4v) is 0.608. The van der Waals surface area contributed by atoms with E-state index >= 15 is 0 Å². The molecule has 0 aliphatic heterocycles. The van der Waals surface area contributed by atoms with E-state index < -0.39 is 0 Å². The molecule has 0 bridgehead atoms. The summed E-state index contributed by atoms with van der Waals surface area (Å²) in [4.78, 5) is 0. The largest absolute Gasteiger partial charge is 0.446 e. The Morgan fingerprint density at radius 2 is 2.30 bits per heavy atom. The first-order valence-electron chi connectivity index (χ1n) is 2.74. The van der Waals surface area contributed by atoms with Gasteiger partial charge in [0.2, 0.25) is 0 Å². The molecule has 0 fully saturated rings. The number of rotatable bonds is 2. The van der Waals surface area contributed by atoms with Gasteiger partial charge in [-0.05, 0) is 12.1 Å². The summed E-state index contributed by atoms with van der Waals surface area (Å²) in [6.07, 6.45) is 0.759. The Morgan fingerprint density at radius 1 is 1.50 bits per heavy atom. The van der Waals surface area contributed by atoms with Gasteiger partial charge in [0.25, 0.3) is 0 Å². The van der Waals surface area contributed by atoms with Gasteiger partial charge in [-0.15, -0.1) is 0 Å². The lowest BCUT2D eigenvalue weighted by Crippen LogP contribution is -1.87. The van der Waals surface area contributed by atoms with Crippen LogP contribution >= 0.6 is 0 Å². The highest BCUT2D eigenvalue weighted by Gasteiger charge is 1.91. The molecule has 0 radical (unpaired) electrons. The highest BCUT2D eigenvalue weighted by atomic mass is 19.1. The van der Waals surface area contributed by atoms with Gasteiger partial charge in [-0.2, -0.15) is 0 Å². The number of halogens is 1. The third-order valence-electron chi connectivity index (χ3n) is 0.991. The second kappa shape index (κ2) is 2.96. The van der Waals surface area contributed by atoms with Gasteiger partial charge in [0, 0.05) is 6.07 Å². The van der Waals surface area contributed by atoms with Crippen molar-refractivity contribution in [2.24, 2.45) is 0 Å². The Labute approximate surface area is 57.8 Å². The predicted octanol–water partition coefficient (Wildman–Crippen LogP) is 1.81. The number of hydrogen-bond donors (Lipinski definition) is 1. The van der Waals surface area contributed by atoms with Gasteiger partial charge in [-0.25, -0.2) is 4.39 Å². The zero-order chi connectivity index (χ0) is 7.40. The average molecular weight is 139 g/mol. The number of nitrogens with one attached hydrogen (secondary N) is 1. The van der Waals surface area contributed by atoms with Gasteiger partial charge in [0.1, 0.15) is 11.6 Å². The highest BCUT2D eigenvalue weighted by molar-refractivity contribution is 5.47. The molecule has 0 aromatic heterocycles. The first-order chi connectivity index (χ1) is 4.83. The van der Waals surface area contributed by atoms with Crippen LogP contribution in [0.4, 0.5) is 4.39 Å². The van der Waals surface area contributed by atoms with Crippen LogP contribution in [0.1, 0.15) is 0 Å². The van der Waals surface area contributed by atoms with Gasteiger partial charge in [0.05, 0.1) is 0 Å². The Bertz CT molecular complexity index is 237. The molecule has 1 aromatic rings. The molecule has 2 nitrogen and oxygen atoms in total. The van der Waals surface area contributed by atoms with Crippen molar-refractivity contribution in [3.8, 4) is 5.75 Å². The molecular weight excluding hydrogens is 133 g/mol. The molecule has 0 saturated carbocycles. The van der Waals surface area contributed by atoms with E-state index in [1.165, 1.54) is 18.2 Å². The quantitative estimate of drug-likeness (QED) is 0.492. The average Bonchev–Trinajstić information content (AvgIpc) is 1.88. The van der Waals surface area contributed by atoms with Crippen molar-refractivity contribution in [3.63, 3.8) is 0 Å². The molecule has 0 heterocycles. The fraction of sp³-hybridized carbons (Fsp3) is 0. The molecule has 52 valence electrons. The molecule has 0 aliphatic carbocycles. The maximum Gasteiger partial charge on any atom is 0.173 e. The van der Waals surface area contributed by atoms with Crippen LogP contribution in [0, 0.1) is 11.2 Å². The maximum absolute atomic E-state index is 12.3. The number of ether oxygens (including phenoxy) is 1. The van der Waals surface area contributed by atoms with Crippen molar-refractivity contribution in [2.75, 3.05) is 0 Å². The highest BCUT2D eigenvalue weighted by Crippen LogP contribution is 2.10. The molecule has 1 rings (SSSR count). The van der Waals surface area contributed by atoms with E-state index in [-0.39, 0.29) is 5.82 Å². The summed E-state index contributed by atoms with van der Waals surface area (Å²) in [5.74, 6) is -0.0191. The molecule has 0 spiro atoms. The predicted molar refractivity (Wildman–Crippen MR) is 35.8 cm³/mol. The van der Waals surface area contributed by atoms with Crippen molar-refractivity contribution in [1.29, 1.82) is 5.41 Å². The van der Waals surface area contributed by atoms with Gasteiger partial charge in [0.15, 0.2) is 6.40 Å². The Morgan fingerprint density at radius 3 is 2.90 bits per heavy atom. The lowest BCUT2D eigenvalue weighted by molar-refractivity contribution is 0.554. The molecule has 3 heteroatoms. The summed E-state index contributed by atoms with van der Waals surface area (Å²) in [5.41, 5.74) is 0. The molecule has 0 saturated heterocycles. The van der Waals surface area contributed by atoms with Gasteiger partial charge in [-0.1, -0.05) is 6.07 Å². The topological polar surface area (TPSA) is 33.1 Å². The second-order valence-corrected chi connectivity index (χ2v) is 1.69. The Balaban J connectivity index is 2.84. The molecule has 0 amide bonds. The first kappa shape index (κ1) is 6.74. The lowest BCUT2D eigenvalue weighted by Gasteiger charge is -1.95. The third kappa shape index (κ3) is 1.55. The third-order valence-corrected chi connectivity index (χ3v) is 0.991. The smallest absolute Gasteiger partial charge is 0.173 e. The molecule has 10 heavy (non-hydrogen) atoms. The van der Waals surface area contributed by atoms with Crippen LogP contribution in [0.5, 0.6) is 5.75 Å². The molecule has 0 unspecified atom stereocenters. The summed E-state index contributed by atoms with van der Waals surface area (Å²) in [7, 11) is 0. The Hall–Kier alpha value is -1.38. The zero-order valence-corrected chi connectivity index (χ0v) is 5.17. The monoisotopic (exact) mass is 139 g/mol. The minimum Gasteiger partial charge on any atom is -0.446 e. The van der Waals surface area contributed by atoms with Crippen LogP contribution < -0.4 is 4.74 Å². The standard InChI is InChI=1S/C7H6FNO/c8-6-2-1-3-7(4-6)10-5-9/h1-5,9H. The van der Waals surface area contributed by atoms with E-state index in [1.807, 2.05) is 0 Å². The molecule has 1 N–H and O–H groups in total.